The predicted molar refractivity (Wildman–Crippen MR) is 65.0 cm³/mol. The van der Waals surface area contributed by atoms with Crippen LogP contribution in [0.4, 0.5) is 10.1 Å². The van der Waals surface area contributed by atoms with Crippen molar-refractivity contribution >= 4 is 5.69 Å². The van der Waals surface area contributed by atoms with Gasteiger partial charge in [0.1, 0.15) is 11.6 Å². The Bertz CT molecular complexity index is 599. The molecule has 2 rings (SSSR count). The molecule has 0 unspecified atom stereocenters. The molecule has 4 nitrogen and oxygen atoms in total. The number of nitrogens with zero attached hydrogens (tertiary/aromatic N) is 1. The van der Waals surface area contributed by atoms with Gasteiger partial charge in [-0.3, -0.25) is 10.1 Å². The number of nitro benzene ring substituents is 1. The zero-order chi connectivity index (χ0) is 13.1. The van der Waals surface area contributed by atoms with Crippen LogP contribution in [0.3, 0.4) is 0 Å². The summed E-state index contributed by atoms with van der Waals surface area (Å²) < 4.78 is 18.8. The van der Waals surface area contributed by atoms with Crippen LogP contribution in [0.5, 0.6) is 5.75 Å². The van der Waals surface area contributed by atoms with Crippen molar-refractivity contribution in [3.05, 3.63) is 58.4 Å². The molecular formula is C13H10FNO3. The molecule has 2 aromatic carbocycles. The van der Waals surface area contributed by atoms with Crippen molar-refractivity contribution in [3.8, 4) is 16.9 Å². The summed E-state index contributed by atoms with van der Waals surface area (Å²) in [4.78, 5) is 10.2. The summed E-state index contributed by atoms with van der Waals surface area (Å²) >= 11 is 0. The fraction of sp³-hybridized carbons (Fsp3) is 0.0769. The Labute approximate surface area is 103 Å². The van der Waals surface area contributed by atoms with Crippen molar-refractivity contribution < 1.29 is 14.1 Å². The fourth-order valence-corrected chi connectivity index (χ4v) is 1.70. The van der Waals surface area contributed by atoms with Gasteiger partial charge in [-0.1, -0.05) is 18.2 Å². The molecule has 0 saturated carbocycles. The van der Waals surface area contributed by atoms with Gasteiger partial charge in [0.25, 0.3) is 5.69 Å². The molecule has 18 heavy (non-hydrogen) atoms. The van der Waals surface area contributed by atoms with E-state index in [1.54, 1.807) is 18.2 Å². The summed E-state index contributed by atoms with van der Waals surface area (Å²) in [6, 6.07) is 10.2. The second-order valence-electron chi connectivity index (χ2n) is 3.62. The maximum absolute atomic E-state index is 13.7. The summed E-state index contributed by atoms with van der Waals surface area (Å²) in [6.07, 6.45) is 0. The maximum atomic E-state index is 13.7. The molecule has 0 radical (unpaired) electrons. The molecule has 0 spiro atoms. The third-order valence-electron chi connectivity index (χ3n) is 2.56. The van der Waals surface area contributed by atoms with Crippen LogP contribution >= 0.6 is 0 Å². The van der Waals surface area contributed by atoms with Gasteiger partial charge in [-0.2, -0.15) is 0 Å². The monoisotopic (exact) mass is 247 g/mol. The van der Waals surface area contributed by atoms with Gasteiger partial charge in [-0.05, 0) is 12.1 Å². The van der Waals surface area contributed by atoms with Gasteiger partial charge >= 0.3 is 0 Å². The van der Waals surface area contributed by atoms with Crippen LogP contribution in [0.1, 0.15) is 0 Å². The van der Waals surface area contributed by atoms with E-state index in [0.29, 0.717) is 11.3 Å². The third kappa shape index (κ3) is 2.15. The zero-order valence-electron chi connectivity index (χ0n) is 9.59. The number of nitro groups is 1. The summed E-state index contributed by atoms with van der Waals surface area (Å²) in [7, 11) is 1.44. The standard InChI is InChI=1S/C13H10FNO3/c1-18-13-7-6-9(15(16)17)8-11(13)10-4-2-3-5-12(10)14/h2-8H,1H3. The molecule has 0 N–H and O–H groups in total. The van der Waals surface area contributed by atoms with Crippen LogP contribution in [-0.4, -0.2) is 12.0 Å². The number of halogens is 1. The molecule has 2 aromatic rings. The molecule has 0 atom stereocenters. The highest BCUT2D eigenvalue weighted by Crippen LogP contribution is 2.34. The molecular weight excluding hydrogens is 237 g/mol. The minimum Gasteiger partial charge on any atom is -0.496 e. The Morgan fingerprint density at radius 3 is 2.50 bits per heavy atom. The lowest BCUT2D eigenvalue weighted by atomic mass is 10.0. The minimum absolute atomic E-state index is 0.103. The summed E-state index contributed by atoms with van der Waals surface area (Å²) in [5.74, 6) is -0.0537. The molecule has 0 aromatic heterocycles. The summed E-state index contributed by atoms with van der Waals surface area (Å²) in [5.41, 5.74) is 0.539. The quantitative estimate of drug-likeness (QED) is 0.617. The van der Waals surface area contributed by atoms with Crippen molar-refractivity contribution in [1.29, 1.82) is 0 Å². The lowest BCUT2D eigenvalue weighted by molar-refractivity contribution is -0.384. The smallest absolute Gasteiger partial charge is 0.270 e. The Balaban J connectivity index is 2.64. The number of ether oxygens (including phenoxy) is 1. The van der Waals surface area contributed by atoms with Crippen LogP contribution in [-0.2, 0) is 0 Å². The van der Waals surface area contributed by atoms with Crippen LogP contribution in [0.15, 0.2) is 42.5 Å². The average Bonchev–Trinajstić information content (AvgIpc) is 2.38. The van der Waals surface area contributed by atoms with Gasteiger partial charge in [-0.15, -0.1) is 0 Å². The lowest BCUT2D eigenvalue weighted by Crippen LogP contribution is -1.93. The van der Waals surface area contributed by atoms with Crippen molar-refractivity contribution in [2.75, 3.05) is 7.11 Å². The molecule has 5 heteroatoms. The van der Waals surface area contributed by atoms with Crippen LogP contribution in [0, 0.1) is 15.9 Å². The van der Waals surface area contributed by atoms with E-state index in [-0.39, 0.29) is 11.3 Å². The van der Waals surface area contributed by atoms with E-state index >= 15 is 0 Å². The number of benzene rings is 2. The van der Waals surface area contributed by atoms with E-state index in [2.05, 4.69) is 0 Å². The van der Waals surface area contributed by atoms with E-state index in [1.165, 1.54) is 31.4 Å². The second kappa shape index (κ2) is 4.83. The van der Waals surface area contributed by atoms with E-state index in [9.17, 15) is 14.5 Å². The molecule has 0 aliphatic carbocycles. The van der Waals surface area contributed by atoms with Crippen molar-refractivity contribution in [2.45, 2.75) is 0 Å². The number of non-ortho nitro benzene ring substituents is 1. The first-order chi connectivity index (χ1) is 8.63. The van der Waals surface area contributed by atoms with Gasteiger partial charge in [0.05, 0.1) is 12.0 Å². The first-order valence-corrected chi connectivity index (χ1v) is 5.21. The number of hydrogen-bond acceptors (Lipinski definition) is 3. The largest absolute Gasteiger partial charge is 0.496 e. The Kier molecular flexibility index (Phi) is 3.23. The predicted octanol–water partition coefficient (Wildman–Crippen LogP) is 3.41. The molecule has 0 aliphatic rings. The fourth-order valence-electron chi connectivity index (χ4n) is 1.70. The molecule has 0 saturated heterocycles. The van der Waals surface area contributed by atoms with E-state index < -0.39 is 10.7 Å². The van der Waals surface area contributed by atoms with E-state index in [1.807, 2.05) is 0 Å². The van der Waals surface area contributed by atoms with Gasteiger partial charge in [0.2, 0.25) is 0 Å². The zero-order valence-corrected chi connectivity index (χ0v) is 9.59. The van der Waals surface area contributed by atoms with Crippen molar-refractivity contribution in [1.82, 2.24) is 0 Å². The highest BCUT2D eigenvalue weighted by Gasteiger charge is 2.15. The third-order valence-corrected chi connectivity index (χ3v) is 2.56. The highest BCUT2D eigenvalue weighted by atomic mass is 19.1. The summed E-state index contributed by atoms with van der Waals surface area (Å²) in [5, 5.41) is 10.7. The molecule has 0 heterocycles. The highest BCUT2D eigenvalue weighted by molar-refractivity contribution is 5.73. The SMILES string of the molecule is COc1ccc([N+](=O)[O-])cc1-c1ccccc1F. The molecule has 0 amide bonds. The normalized spacial score (nSPS) is 10.1. The topological polar surface area (TPSA) is 52.4 Å². The van der Waals surface area contributed by atoms with Crippen molar-refractivity contribution in [2.24, 2.45) is 0 Å². The lowest BCUT2D eigenvalue weighted by Gasteiger charge is -2.09. The van der Waals surface area contributed by atoms with Gasteiger partial charge < -0.3 is 4.74 Å². The van der Waals surface area contributed by atoms with Crippen LogP contribution < -0.4 is 4.74 Å². The van der Waals surface area contributed by atoms with Crippen molar-refractivity contribution in [3.63, 3.8) is 0 Å². The average molecular weight is 247 g/mol. The second-order valence-corrected chi connectivity index (χ2v) is 3.62. The Hall–Kier alpha value is -2.43. The van der Waals surface area contributed by atoms with E-state index in [0.717, 1.165) is 0 Å². The molecule has 0 bridgehead atoms. The summed E-state index contributed by atoms with van der Waals surface area (Å²) in [6.45, 7) is 0. The molecule has 0 aliphatic heterocycles. The number of methoxy groups -OCH3 is 1. The van der Waals surface area contributed by atoms with Gasteiger partial charge in [0, 0.05) is 23.3 Å². The molecule has 92 valence electrons. The van der Waals surface area contributed by atoms with Crippen LogP contribution in [0.2, 0.25) is 0 Å². The first kappa shape index (κ1) is 12.0. The Morgan fingerprint density at radius 2 is 1.89 bits per heavy atom. The number of hydrogen-bond donors (Lipinski definition) is 0. The maximum Gasteiger partial charge on any atom is 0.270 e. The molecule has 0 fully saturated rings. The number of rotatable bonds is 3. The van der Waals surface area contributed by atoms with Gasteiger partial charge in [-0.25, -0.2) is 4.39 Å². The van der Waals surface area contributed by atoms with Crippen LogP contribution in [0.25, 0.3) is 11.1 Å². The minimum atomic E-state index is -0.524. The van der Waals surface area contributed by atoms with Gasteiger partial charge in [0.15, 0.2) is 0 Å². The first-order valence-electron chi connectivity index (χ1n) is 5.21. The van der Waals surface area contributed by atoms with E-state index in [4.69, 9.17) is 4.74 Å². The Morgan fingerprint density at radius 1 is 1.17 bits per heavy atom.